The summed E-state index contributed by atoms with van der Waals surface area (Å²) in [5.74, 6) is 0. The molecule has 1 radical (unpaired) electrons. The first-order valence-corrected chi connectivity index (χ1v) is 5.05. The Hall–Kier alpha value is 0.330. The molecule has 0 N–H and O–H groups in total. The van der Waals surface area contributed by atoms with Gasteiger partial charge in [-0.2, -0.15) is 0 Å². The molecule has 0 heterocycles. The van der Waals surface area contributed by atoms with Gasteiger partial charge in [0.15, 0.2) is 0 Å². The zero-order chi connectivity index (χ0) is 8.43. The fourth-order valence-electron chi connectivity index (χ4n) is 0.640. The molecule has 0 saturated carbocycles. The van der Waals surface area contributed by atoms with Crippen molar-refractivity contribution in [2.75, 3.05) is 0 Å². The first-order valence-electron chi connectivity index (χ1n) is 2.68. The van der Waals surface area contributed by atoms with E-state index in [4.69, 9.17) is 0 Å². The molecule has 0 aromatic heterocycles. The highest BCUT2D eigenvalue weighted by Gasteiger charge is 2.05. The summed E-state index contributed by atoms with van der Waals surface area (Å²) in [5, 5.41) is 0. The average Bonchev–Trinajstić information content (AvgIpc) is 1.85. The monoisotopic (exact) mass is 339 g/mol. The molecular formula is C7H2Br3O. The minimum Gasteiger partial charge on any atom is -0.285 e. The van der Waals surface area contributed by atoms with Crippen LogP contribution in [-0.4, -0.2) is 6.29 Å². The molecule has 0 saturated heterocycles. The Bertz CT molecular complexity index is 273. The molecule has 1 aromatic carbocycles. The van der Waals surface area contributed by atoms with Crippen LogP contribution < -0.4 is 0 Å². The number of halogens is 3. The summed E-state index contributed by atoms with van der Waals surface area (Å²) in [5.41, 5.74) is 0.508. The molecule has 11 heavy (non-hydrogen) atoms. The van der Waals surface area contributed by atoms with E-state index in [0.29, 0.717) is 5.56 Å². The van der Waals surface area contributed by atoms with Crippen molar-refractivity contribution in [2.24, 2.45) is 0 Å². The van der Waals surface area contributed by atoms with E-state index in [-0.39, 0.29) is 0 Å². The van der Waals surface area contributed by atoms with Gasteiger partial charge in [-0.15, -0.1) is 0 Å². The Morgan fingerprint density at radius 1 is 1.09 bits per heavy atom. The van der Waals surface area contributed by atoms with Crippen LogP contribution in [0.1, 0.15) is 5.56 Å². The average molecular weight is 342 g/mol. The second kappa shape index (κ2) is 3.83. The highest BCUT2D eigenvalue weighted by atomic mass is 79.9. The van der Waals surface area contributed by atoms with E-state index in [2.05, 4.69) is 47.8 Å². The van der Waals surface area contributed by atoms with Gasteiger partial charge in [0, 0.05) is 13.4 Å². The third kappa shape index (κ3) is 2.13. The highest BCUT2D eigenvalue weighted by Crippen LogP contribution is 2.28. The van der Waals surface area contributed by atoms with Gasteiger partial charge in [0.25, 0.3) is 0 Å². The van der Waals surface area contributed by atoms with Crippen LogP contribution in [0, 0.1) is 0 Å². The summed E-state index contributed by atoms with van der Waals surface area (Å²) in [6, 6.07) is 3.59. The van der Waals surface area contributed by atoms with Crippen molar-refractivity contribution >= 4 is 54.1 Å². The molecular weight excluding hydrogens is 340 g/mol. The van der Waals surface area contributed by atoms with Crippen molar-refractivity contribution in [3.8, 4) is 0 Å². The van der Waals surface area contributed by atoms with Gasteiger partial charge in [0.1, 0.15) is 0 Å². The lowest BCUT2D eigenvalue weighted by Crippen LogP contribution is -1.84. The molecule has 57 valence electrons. The number of carbonyl (C=O) groups excluding carboxylic acids is 1. The predicted molar refractivity (Wildman–Crippen MR) is 54.3 cm³/mol. The molecule has 0 aliphatic heterocycles. The van der Waals surface area contributed by atoms with Gasteiger partial charge in [0.05, 0.1) is 5.56 Å². The quantitative estimate of drug-likeness (QED) is 0.765. The van der Waals surface area contributed by atoms with Crippen molar-refractivity contribution in [2.45, 2.75) is 0 Å². The number of benzene rings is 1. The molecule has 0 aliphatic rings. The Kier molecular flexibility index (Phi) is 3.28. The summed E-state index contributed by atoms with van der Waals surface area (Å²) >= 11 is 9.76. The third-order valence-corrected chi connectivity index (χ3v) is 2.82. The maximum atomic E-state index is 10.4. The van der Waals surface area contributed by atoms with Crippen LogP contribution in [0.4, 0.5) is 0 Å². The molecule has 0 amide bonds. The summed E-state index contributed by atoms with van der Waals surface area (Å²) in [4.78, 5) is 10.4. The number of hydrogen-bond donors (Lipinski definition) is 0. The molecule has 0 bridgehead atoms. The molecule has 0 fully saturated rings. The molecule has 0 spiro atoms. The molecule has 1 nitrogen and oxygen atoms in total. The summed E-state index contributed by atoms with van der Waals surface area (Å²) in [7, 11) is 0. The Morgan fingerprint density at radius 3 is 1.91 bits per heavy atom. The fourth-order valence-corrected chi connectivity index (χ4v) is 3.06. The lowest BCUT2D eigenvalue weighted by Gasteiger charge is -1.99. The maximum absolute atomic E-state index is 10.4. The normalized spacial score (nSPS) is 9.73. The van der Waals surface area contributed by atoms with Gasteiger partial charge in [0.2, 0.25) is 6.29 Å². The highest BCUT2D eigenvalue weighted by molar-refractivity contribution is 9.11. The minimum absolute atomic E-state index is 0.508. The van der Waals surface area contributed by atoms with Crippen molar-refractivity contribution in [1.29, 1.82) is 0 Å². The van der Waals surface area contributed by atoms with Crippen LogP contribution in [0.3, 0.4) is 0 Å². The zero-order valence-corrected chi connectivity index (χ0v) is 9.95. The second-order valence-electron chi connectivity index (χ2n) is 1.85. The molecule has 0 unspecified atom stereocenters. The SMILES string of the molecule is O=[C]c1c(Br)cc(Br)cc1Br. The largest absolute Gasteiger partial charge is 0.285 e. The standard InChI is InChI=1S/C7H2Br3O/c8-4-1-6(9)5(3-11)7(10)2-4/h1-2H. The van der Waals surface area contributed by atoms with Crippen molar-refractivity contribution < 1.29 is 4.79 Å². The van der Waals surface area contributed by atoms with E-state index >= 15 is 0 Å². The Labute approximate surface area is 89.6 Å². The van der Waals surface area contributed by atoms with E-state index < -0.39 is 0 Å². The van der Waals surface area contributed by atoms with Gasteiger partial charge in [-0.1, -0.05) is 15.9 Å². The topological polar surface area (TPSA) is 17.1 Å². The van der Waals surface area contributed by atoms with Gasteiger partial charge >= 0.3 is 0 Å². The van der Waals surface area contributed by atoms with Gasteiger partial charge in [-0.25, -0.2) is 0 Å². The number of rotatable bonds is 1. The van der Waals surface area contributed by atoms with Gasteiger partial charge < -0.3 is 0 Å². The van der Waals surface area contributed by atoms with Crippen molar-refractivity contribution in [3.63, 3.8) is 0 Å². The van der Waals surface area contributed by atoms with Crippen LogP contribution in [0.2, 0.25) is 0 Å². The van der Waals surface area contributed by atoms with E-state index in [1.807, 2.05) is 6.29 Å². The molecule has 1 aromatic rings. The summed E-state index contributed by atoms with van der Waals surface area (Å²) in [6.45, 7) is 0. The first kappa shape index (κ1) is 9.42. The van der Waals surface area contributed by atoms with E-state index in [1.165, 1.54) is 0 Å². The molecule has 0 aliphatic carbocycles. The lowest BCUT2D eigenvalue weighted by molar-refractivity contribution is 0.562. The van der Waals surface area contributed by atoms with Crippen LogP contribution >= 0.6 is 47.8 Å². The summed E-state index contributed by atoms with van der Waals surface area (Å²) in [6.07, 6.45) is 1.83. The predicted octanol–water partition coefficient (Wildman–Crippen LogP) is 3.43. The fraction of sp³-hybridized carbons (Fsp3) is 0. The van der Waals surface area contributed by atoms with Gasteiger partial charge in [-0.3, -0.25) is 4.79 Å². The van der Waals surface area contributed by atoms with Crippen molar-refractivity contribution in [1.82, 2.24) is 0 Å². The van der Waals surface area contributed by atoms with Crippen LogP contribution in [0.25, 0.3) is 0 Å². The zero-order valence-electron chi connectivity index (χ0n) is 5.20. The van der Waals surface area contributed by atoms with Gasteiger partial charge in [-0.05, 0) is 44.0 Å². The second-order valence-corrected chi connectivity index (χ2v) is 4.47. The maximum Gasteiger partial charge on any atom is 0.235 e. The number of hydrogen-bond acceptors (Lipinski definition) is 1. The van der Waals surface area contributed by atoms with E-state index in [1.54, 1.807) is 12.1 Å². The Balaban J connectivity index is 3.36. The molecule has 4 heteroatoms. The van der Waals surface area contributed by atoms with Crippen LogP contribution in [0.15, 0.2) is 25.6 Å². The lowest BCUT2D eigenvalue weighted by atomic mass is 10.2. The van der Waals surface area contributed by atoms with Crippen LogP contribution in [0.5, 0.6) is 0 Å². The minimum atomic E-state index is 0.508. The van der Waals surface area contributed by atoms with E-state index in [0.717, 1.165) is 13.4 Å². The first-order chi connectivity index (χ1) is 5.15. The Morgan fingerprint density at radius 2 is 1.55 bits per heavy atom. The van der Waals surface area contributed by atoms with E-state index in [9.17, 15) is 4.79 Å². The molecule has 0 atom stereocenters. The smallest absolute Gasteiger partial charge is 0.235 e. The van der Waals surface area contributed by atoms with Crippen LogP contribution in [-0.2, 0) is 4.79 Å². The third-order valence-electron chi connectivity index (χ3n) is 1.11. The molecule has 1 rings (SSSR count). The van der Waals surface area contributed by atoms with Crippen molar-refractivity contribution in [3.05, 3.63) is 31.1 Å². The summed E-state index contributed by atoms with van der Waals surface area (Å²) < 4.78 is 2.37.